The lowest BCUT2D eigenvalue weighted by Crippen LogP contribution is -2.48. The van der Waals surface area contributed by atoms with E-state index in [1.807, 2.05) is 13.8 Å². The molecule has 110 valence electrons. The van der Waals surface area contributed by atoms with Crippen molar-refractivity contribution in [1.82, 2.24) is 10.2 Å². The van der Waals surface area contributed by atoms with Gasteiger partial charge in [-0.1, -0.05) is 27.2 Å². The molecule has 4 nitrogen and oxygen atoms in total. The van der Waals surface area contributed by atoms with Crippen molar-refractivity contribution in [1.29, 1.82) is 5.26 Å². The van der Waals surface area contributed by atoms with Crippen LogP contribution >= 0.6 is 0 Å². The highest BCUT2D eigenvalue weighted by Gasteiger charge is 2.22. The second kappa shape index (κ2) is 9.80. The second-order valence-electron chi connectivity index (χ2n) is 5.67. The molecule has 0 radical (unpaired) electrons. The minimum atomic E-state index is -0.171. The Hall–Kier alpha value is -1.08. The Morgan fingerprint density at radius 1 is 1.32 bits per heavy atom. The maximum Gasteiger partial charge on any atom is 0.237 e. The summed E-state index contributed by atoms with van der Waals surface area (Å²) in [6, 6.07) is 2.20. The summed E-state index contributed by atoms with van der Waals surface area (Å²) in [7, 11) is 0. The molecule has 1 N–H and O–H groups in total. The smallest absolute Gasteiger partial charge is 0.237 e. The molecule has 0 aromatic rings. The van der Waals surface area contributed by atoms with Crippen LogP contribution in [0.3, 0.4) is 0 Å². The number of hydrogen-bond donors (Lipinski definition) is 1. The number of nitrogens with zero attached hydrogens (tertiary/aromatic N) is 2. The minimum absolute atomic E-state index is 0.0690. The molecule has 0 saturated heterocycles. The molecule has 0 bridgehead atoms. The molecule has 19 heavy (non-hydrogen) atoms. The molecule has 0 spiro atoms. The van der Waals surface area contributed by atoms with E-state index in [1.165, 1.54) is 0 Å². The second-order valence-corrected chi connectivity index (χ2v) is 5.67. The van der Waals surface area contributed by atoms with Gasteiger partial charge in [-0.15, -0.1) is 0 Å². The van der Waals surface area contributed by atoms with Gasteiger partial charge in [-0.3, -0.25) is 9.69 Å². The van der Waals surface area contributed by atoms with Gasteiger partial charge in [-0.2, -0.15) is 5.26 Å². The maximum atomic E-state index is 12.2. The van der Waals surface area contributed by atoms with Crippen LogP contribution < -0.4 is 5.32 Å². The number of hydrogen-bond acceptors (Lipinski definition) is 3. The van der Waals surface area contributed by atoms with Crippen LogP contribution in [0.4, 0.5) is 0 Å². The van der Waals surface area contributed by atoms with Gasteiger partial charge >= 0.3 is 0 Å². The monoisotopic (exact) mass is 267 g/mol. The summed E-state index contributed by atoms with van der Waals surface area (Å²) in [4.78, 5) is 14.3. The van der Waals surface area contributed by atoms with E-state index in [0.29, 0.717) is 18.9 Å². The Morgan fingerprint density at radius 2 is 1.95 bits per heavy atom. The Kier molecular flexibility index (Phi) is 9.24. The maximum absolute atomic E-state index is 12.2. The number of rotatable bonds is 9. The first kappa shape index (κ1) is 17.9. The Labute approximate surface area is 118 Å². The SMILES string of the molecule is CCCC(C)NC(=O)C(C)N(CCC#N)CC(C)C. The van der Waals surface area contributed by atoms with Crippen LogP contribution in [0.25, 0.3) is 0 Å². The first-order valence-electron chi connectivity index (χ1n) is 7.33. The topological polar surface area (TPSA) is 56.1 Å². The van der Waals surface area contributed by atoms with Crippen LogP contribution in [0.2, 0.25) is 0 Å². The molecule has 0 aromatic heterocycles. The highest BCUT2D eigenvalue weighted by Crippen LogP contribution is 2.07. The summed E-state index contributed by atoms with van der Waals surface area (Å²) >= 11 is 0. The van der Waals surface area contributed by atoms with Crippen molar-refractivity contribution < 1.29 is 4.79 Å². The van der Waals surface area contributed by atoms with Gasteiger partial charge in [-0.05, 0) is 26.2 Å². The molecule has 2 unspecified atom stereocenters. The zero-order chi connectivity index (χ0) is 14.8. The molecule has 0 heterocycles. The van der Waals surface area contributed by atoms with E-state index in [4.69, 9.17) is 5.26 Å². The van der Waals surface area contributed by atoms with Crippen molar-refractivity contribution in [2.45, 2.75) is 66.0 Å². The van der Waals surface area contributed by atoms with Crippen LogP contribution in [0.15, 0.2) is 0 Å². The fraction of sp³-hybridized carbons (Fsp3) is 0.867. The van der Waals surface area contributed by atoms with Crippen LogP contribution in [0.1, 0.15) is 53.9 Å². The molecule has 0 fully saturated rings. The van der Waals surface area contributed by atoms with Crippen LogP contribution in [0, 0.1) is 17.2 Å². The molecule has 0 aromatic carbocycles. The third-order valence-electron chi connectivity index (χ3n) is 3.15. The van der Waals surface area contributed by atoms with Crippen molar-refractivity contribution >= 4 is 5.91 Å². The third-order valence-corrected chi connectivity index (χ3v) is 3.15. The summed E-state index contributed by atoms with van der Waals surface area (Å²) < 4.78 is 0. The Balaban J connectivity index is 4.46. The number of carbonyl (C=O) groups excluding carboxylic acids is 1. The lowest BCUT2D eigenvalue weighted by molar-refractivity contribution is -0.126. The van der Waals surface area contributed by atoms with E-state index in [9.17, 15) is 4.79 Å². The molecule has 0 aliphatic rings. The summed E-state index contributed by atoms with van der Waals surface area (Å²) in [5.41, 5.74) is 0. The molecular weight excluding hydrogens is 238 g/mol. The van der Waals surface area contributed by atoms with E-state index in [1.54, 1.807) is 0 Å². The van der Waals surface area contributed by atoms with Gasteiger partial charge in [0, 0.05) is 25.6 Å². The predicted molar refractivity (Wildman–Crippen MR) is 78.6 cm³/mol. The first-order chi connectivity index (χ1) is 8.92. The van der Waals surface area contributed by atoms with Crippen LogP contribution in [0.5, 0.6) is 0 Å². The summed E-state index contributed by atoms with van der Waals surface area (Å²) in [6.45, 7) is 11.8. The van der Waals surface area contributed by atoms with Crippen molar-refractivity contribution in [2.24, 2.45) is 5.92 Å². The van der Waals surface area contributed by atoms with Crippen molar-refractivity contribution in [3.8, 4) is 6.07 Å². The fourth-order valence-electron chi connectivity index (χ4n) is 2.14. The number of nitriles is 1. The van der Waals surface area contributed by atoms with Gasteiger partial charge in [-0.25, -0.2) is 0 Å². The van der Waals surface area contributed by atoms with Crippen molar-refractivity contribution in [3.63, 3.8) is 0 Å². The van der Waals surface area contributed by atoms with E-state index in [2.05, 4.69) is 37.1 Å². The summed E-state index contributed by atoms with van der Waals surface area (Å²) in [5, 5.41) is 11.8. The number of nitrogens with one attached hydrogen (secondary N) is 1. The lowest BCUT2D eigenvalue weighted by Gasteiger charge is -2.30. The Bertz CT molecular complexity index is 296. The fourth-order valence-corrected chi connectivity index (χ4v) is 2.14. The normalized spacial score (nSPS) is 14.2. The molecule has 0 rings (SSSR count). The van der Waals surface area contributed by atoms with Gasteiger partial charge in [0.2, 0.25) is 5.91 Å². The zero-order valence-corrected chi connectivity index (χ0v) is 13.1. The molecule has 4 heteroatoms. The standard InChI is InChI=1S/C15H29N3O/c1-6-8-13(4)17-15(19)14(5)18(10-7-9-16)11-12(2)3/h12-14H,6-8,10-11H2,1-5H3,(H,17,19). The largest absolute Gasteiger partial charge is 0.352 e. The highest BCUT2D eigenvalue weighted by molar-refractivity contribution is 5.81. The van der Waals surface area contributed by atoms with E-state index < -0.39 is 0 Å². The molecule has 0 aliphatic heterocycles. The quantitative estimate of drug-likeness (QED) is 0.698. The van der Waals surface area contributed by atoms with E-state index in [0.717, 1.165) is 19.4 Å². The molecule has 1 amide bonds. The van der Waals surface area contributed by atoms with Crippen LogP contribution in [-0.2, 0) is 4.79 Å². The molecule has 2 atom stereocenters. The minimum Gasteiger partial charge on any atom is -0.352 e. The highest BCUT2D eigenvalue weighted by atomic mass is 16.2. The third kappa shape index (κ3) is 7.84. The van der Waals surface area contributed by atoms with Gasteiger partial charge < -0.3 is 5.32 Å². The van der Waals surface area contributed by atoms with E-state index >= 15 is 0 Å². The number of carbonyl (C=O) groups is 1. The summed E-state index contributed by atoms with van der Waals surface area (Å²) in [5.74, 6) is 0.557. The van der Waals surface area contributed by atoms with Crippen LogP contribution in [-0.4, -0.2) is 36.0 Å². The van der Waals surface area contributed by atoms with E-state index in [-0.39, 0.29) is 18.0 Å². The molecular formula is C15H29N3O. The average Bonchev–Trinajstić information content (AvgIpc) is 2.33. The average molecular weight is 267 g/mol. The van der Waals surface area contributed by atoms with Gasteiger partial charge in [0.05, 0.1) is 12.1 Å². The van der Waals surface area contributed by atoms with Gasteiger partial charge in [0.1, 0.15) is 0 Å². The van der Waals surface area contributed by atoms with Crippen molar-refractivity contribution in [3.05, 3.63) is 0 Å². The van der Waals surface area contributed by atoms with Crippen molar-refractivity contribution in [2.75, 3.05) is 13.1 Å². The number of amides is 1. The molecule has 0 saturated carbocycles. The van der Waals surface area contributed by atoms with Gasteiger partial charge in [0.25, 0.3) is 0 Å². The summed E-state index contributed by atoms with van der Waals surface area (Å²) in [6.07, 6.45) is 2.54. The zero-order valence-electron chi connectivity index (χ0n) is 13.1. The Morgan fingerprint density at radius 3 is 2.42 bits per heavy atom. The lowest BCUT2D eigenvalue weighted by atomic mass is 10.1. The first-order valence-corrected chi connectivity index (χ1v) is 7.33. The predicted octanol–water partition coefficient (Wildman–Crippen LogP) is 2.55. The van der Waals surface area contributed by atoms with Gasteiger partial charge in [0.15, 0.2) is 0 Å². The molecule has 0 aliphatic carbocycles.